The minimum absolute atomic E-state index is 0.194. The maximum absolute atomic E-state index is 13.0. The molecule has 6 unspecified atom stereocenters. The van der Waals surface area contributed by atoms with Gasteiger partial charge in [0, 0.05) is 83.9 Å². The zero-order valence-corrected chi connectivity index (χ0v) is 23.3. The predicted octanol–water partition coefficient (Wildman–Crippen LogP) is 4.43. The number of rotatable bonds is 6. The molecule has 6 heterocycles. The van der Waals surface area contributed by atoms with E-state index in [1.807, 2.05) is 36.4 Å². The van der Waals surface area contributed by atoms with Crippen LogP contribution in [0.5, 0.6) is 0 Å². The van der Waals surface area contributed by atoms with Gasteiger partial charge in [-0.3, -0.25) is 20.8 Å². The summed E-state index contributed by atoms with van der Waals surface area (Å²) >= 11 is 0. The largest absolute Gasteiger partial charge is 0.441 e. The molecule has 0 amide bonds. The molecule has 2 aromatic heterocycles. The van der Waals surface area contributed by atoms with Crippen LogP contribution in [0.2, 0.25) is 0 Å². The van der Waals surface area contributed by atoms with E-state index in [4.69, 9.17) is 9.47 Å². The summed E-state index contributed by atoms with van der Waals surface area (Å²) in [5.41, 5.74) is 2.55. The molecule has 4 fully saturated rings. The van der Waals surface area contributed by atoms with E-state index >= 15 is 0 Å². The summed E-state index contributed by atoms with van der Waals surface area (Å²) in [6, 6.07) is 16.7. The Morgan fingerprint density at radius 3 is 1.64 bits per heavy atom. The summed E-state index contributed by atoms with van der Waals surface area (Å²) in [5.74, 6) is -0.704. The van der Waals surface area contributed by atoms with E-state index in [9.17, 15) is 9.59 Å². The van der Waals surface area contributed by atoms with Crippen LogP contribution in [0.1, 0.15) is 74.6 Å². The molecule has 10 nitrogen and oxygen atoms in total. The van der Waals surface area contributed by atoms with Gasteiger partial charge in [0.1, 0.15) is 0 Å². The van der Waals surface area contributed by atoms with Crippen molar-refractivity contribution in [1.82, 2.24) is 31.0 Å². The number of H-pyrrole nitrogens is 2. The Morgan fingerprint density at radius 2 is 1.17 bits per heavy atom. The van der Waals surface area contributed by atoms with Crippen molar-refractivity contribution in [2.45, 2.75) is 86.7 Å². The first-order valence-electron chi connectivity index (χ1n) is 15.0. The number of ether oxygens (including phenoxy) is 2. The lowest BCUT2D eigenvalue weighted by molar-refractivity contribution is -0.162. The Balaban J connectivity index is 0.929. The number of hydrogen-bond acceptors (Lipinski definition) is 8. The molecule has 4 saturated heterocycles. The summed E-state index contributed by atoms with van der Waals surface area (Å²) in [6.45, 7) is 0. The van der Waals surface area contributed by atoms with Crippen molar-refractivity contribution < 1.29 is 19.1 Å². The van der Waals surface area contributed by atoms with Crippen LogP contribution in [0.4, 0.5) is 0 Å². The number of para-hydroxylation sites is 2. The summed E-state index contributed by atoms with van der Waals surface area (Å²) in [4.78, 5) is 26.0. The van der Waals surface area contributed by atoms with Crippen molar-refractivity contribution in [2.75, 3.05) is 0 Å². The van der Waals surface area contributed by atoms with Crippen LogP contribution >= 0.6 is 0 Å². The Morgan fingerprint density at radius 1 is 0.714 bits per heavy atom. The quantitative estimate of drug-likeness (QED) is 0.199. The first-order chi connectivity index (χ1) is 20.5. The van der Waals surface area contributed by atoms with Gasteiger partial charge in [-0.2, -0.15) is 10.2 Å². The maximum Gasteiger partial charge on any atom is 0.332 e. The monoisotopic (exact) mass is 566 g/mol. The van der Waals surface area contributed by atoms with Gasteiger partial charge in [0.25, 0.3) is 0 Å². The van der Waals surface area contributed by atoms with Gasteiger partial charge < -0.3 is 9.47 Å². The van der Waals surface area contributed by atoms with E-state index in [1.165, 1.54) is 12.2 Å². The summed E-state index contributed by atoms with van der Waals surface area (Å²) < 4.78 is 12.0. The summed E-state index contributed by atoms with van der Waals surface area (Å²) in [7, 11) is 0. The topological polar surface area (TPSA) is 134 Å². The highest BCUT2D eigenvalue weighted by atomic mass is 16.6. The highest BCUT2D eigenvalue weighted by Gasteiger charge is 2.50. The molecule has 4 aliphatic heterocycles. The lowest BCUT2D eigenvalue weighted by Gasteiger charge is -2.38. The number of benzene rings is 2. The highest BCUT2D eigenvalue weighted by Crippen LogP contribution is 2.46. The fourth-order valence-corrected chi connectivity index (χ4v) is 8.03. The molecular weight excluding hydrogens is 532 g/mol. The van der Waals surface area contributed by atoms with Crippen LogP contribution in [0.3, 0.4) is 0 Å². The Labute approximate surface area is 242 Å². The average molecular weight is 567 g/mol. The molecule has 42 heavy (non-hydrogen) atoms. The van der Waals surface area contributed by atoms with Gasteiger partial charge in [0.15, 0.2) is 11.4 Å². The van der Waals surface area contributed by atoms with Gasteiger partial charge in [-0.15, -0.1) is 0 Å². The lowest BCUT2D eigenvalue weighted by Crippen LogP contribution is -2.52. The fourth-order valence-electron chi connectivity index (χ4n) is 8.03. The van der Waals surface area contributed by atoms with Crippen LogP contribution in [0, 0.1) is 0 Å². The van der Waals surface area contributed by atoms with E-state index in [0.29, 0.717) is 12.8 Å². The second-order valence-corrected chi connectivity index (χ2v) is 12.5. The van der Waals surface area contributed by atoms with Crippen LogP contribution in [-0.4, -0.2) is 55.9 Å². The molecule has 4 aromatic rings. The van der Waals surface area contributed by atoms with Crippen molar-refractivity contribution in [3.8, 4) is 0 Å². The lowest BCUT2D eigenvalue weighted by atomic mass is 9.86. The predicted molar refractivity (Wildman–Crippen MR) is 155 cm³/mol. The molecule has 6 atom stereocenters. The smallest absolute Gasteiger partial charge is 0.332 e. The number of esters is 2. The molecule has 8 rings (SSSR count). The third-order valence-electron chi connectivity index (χ3n) is 9.76. The minimum Gasteiger partial charge on any atom is -0.441 e. The molecule has 4 aliphatic rings. The first-order valence-corrected chi connectivity index (χ1v) is 15.0. The third-order valence-corrected chi connectivity index (χ3v) is 9.76. The Kier molecular flexibility index (Phi) is 5.98. The molecular formula is C32H34N6O4. The van der Waals surface area contributed by atoms with Crippen molar-refractivity contribution in [1.29, 1.82) is 0 Å². The average Bonchev–Trinajstić information content (AvgIpc) is 3.75. The summed E-state index contributed by atoms with van der Waals surface area (Å²) in [5, 5.41) is 24.7. The van der Waals surface area contributed by atoms with Gasteiger partial charge in [-0.1, -0.05) is 36.4 Å². The normalized spacial score (nSPS) is 32.1. The number of aromatic amines is 2. The molecule has 2 aromatic carbocycles. The zero-order valence-electron chi connectivity index (χ0n) is 23.3. The van der Waals surface area contributed by atoms with Gasteiger partial charge in [-0.05, 0) is 37.8 Å². The number of piperidine rings is 2. The van der Waals surface area contributed by atoms with E-state index < -0.39 is 23.4 Å². The van der Waals surface area contributed by atoms with Crippen molar-refractivity contribution in [2.24, 2.45) is 0 Å². The van der Waals surface area contributed by atoms with Crippen LogP contribution < -0.4 is 10.6 Å². The minimum atomic E-state index is -0.756. The first kappa shape index (κ1) is 25.7. The van der Waals surface area contributed by atoms with Gasteiger partial charge in [0.05, 0.1) is 11.0 Å². The highest BCUT2D eigenvalue weighted by molar-refractivity contribution is 5.92. The molecule has 4 bridgehead atoms. The van der Waals surface area contributed by atoms with Crippen LogP contribution in [-0.2, 0) is 19.1 Å². The molecule has 0 radical (unpaired) electrons. The molecule has 10 heteroatoms. The van der Waals surface area contributed by atoms with Gasteiger partial charge in [-0.25, -0.2) is 9.59 Å². The molecule has 0 aliphatic carbocycles. The molecule has 216 valence electrons. The number of fused-ring (bicyclic) bond motifs is 6. The van der Waals surface area contributed by atoms with E-state index in [-0.39, 0.29) is 23.9 Å². The Bertz CT molecular complexity index is 1590. The van der Waals surface area contributed by atoms with Crippen LogP contribution in [0.15, 0.2) is 60.7 Å². The second-order valence-electron chi connectivity index (χ2n) is 12.5. The molecule has 4 N–H and O–H groups in total. The standard InChI is InChI=1S/C32H34N6O4/c39-27(41-31-13-11-21(33-31)15-19(17-31)29-23-5-1-3-7-25(23)35-37-29)9-10-28(40)42-32-14-12-22(34-32)16-20(18-32)30-24-6-2-4-8-26(24)36-38-30/h1-10,19-22,33-34H,11-18H2,(H,35,37)(H,36,38)/b10-9+. The number of nitrogens with zero attached hydrogens (tertiary/aromatic N) is 2. The number of hydrogen-bond donors (Lipinski definition) is 4. The molecule has 0 saturated carbocycles. The number of carbonyl (C=O) groups excluding carboxylic acids is 2. The number of carbonyl (C=O) groups is 2. The fraction of sp³-hybridized carbons (Fsp3) is 0.438. The van der Waals surface area contributed by atoms with E-state index in [1.54, 1.807) is 0 Å². The van der Waals surface area contributed by atoms with Gasteiger partial charge >= 0.3 is 11.9 Å². The third kappa shape index (κ3) is 4.49. The van der Waals surface area contributed by atoms with Crippen molar-refractivity contribution >= 4 is 33.7 Å². The SMILES string of the molecule is O=C(/C=C/C(=O)OC12CCC(CC(c3[nH]nc4ccccc34)C1)N2)OC12CCC(CC(c3[nH]nc4ccccc34)C1)N2. The van der Waals surface area contributed by atoms with E-state index in [0.717, 1.165) is 71.7 Å². The Hall–Kier alpha value is -4.02. The second kappa shape index (κ2) is 9.78. The van der Waals surface area contributed by atoms with E-state index in [2.05, 4.69) is 43.2 Å². The van der Waals surface area contributed by atoms with Gasteiger partial charge in [0.2, 0.25) is 0 Å². The number of aromatic nitrogens is 4. The number of nitrogens with one attached hydrogen (secondary N) is 4. The zero-order chi connectivity index (χ0) is 28.3. The van der Waals surface area contributed by atoms with Crippen molar-refractivity contribution in [3.63, 3.8) is 0 Å². The summed E-state index contributed by atoms with van der Waals surface area (Å²) in [6.07, 6.45) is 8.96. The molecule has 0 spiro atoms. The maximum atomic E-state index is 13.0. The van der Waals surface area contributed by atoms with Crippen molar-refractivity contribution in [3.05, 3.63) is 72.1 Å². The van der Waals surface area contributed by atoms with Crippen LogP contribution in [0.25, 0.3) is 21.8 Å².